The standard InChI is InChI=1S/C12H11NO3S/c1-16-7-4-9(14)12-10(15)6-8(2-3-13)17-11(12)5-7/h4-5,8,14H,2,6H2,1H3. The molecule has 0 saturated heterocycles. The van der Waals surface area contributed by atoms with Crippen molar-refractivity contribution >= 4 is 17.5 Å². The molecule has 0 radical (unpaired) electrons. The quantitative estimate of drug-likeness (QED) is 0.871. The zero-order valence-corrected chi connectivity index (χ0v) is 10.1. The SMILES string of the molecule is COc1cc(O)c2c(c1)SC(CC#N)CC2=O. The Bertz CT molecular complexity index is 507. The minimum Gasteiger partial charge on any atom is -0.507 e. The summed E-state index contributed by atoms with van der Waals surface area (Å²) in [6.07, 6.45) is 0.624. The molecule has 0 aliphatic carbocycles. The van der Waals surface area contributed by atoms with E-state index in [0.717, 1.165) is 0 Å². The molecule has 0 amide bonds. The summed E-state index contributed by atoms with van der Waals surface area (Å²) in [6.45, 7) is 0. The van der Waals surface area contributed by atoms with Gasteiger partial charge in [-0.25, -0.2) is 0 Å². The maximum Gasteiger partial charge on any atom is 0.168 e. The Kier molecular flexibility index (Phi) is 3.25. The van der Waals surface area contributed by atoms with Crippen LogP contribution in [0.3, 0.4) is 0 Å². The second-order valence-corrected chi connectivity index (χ2v) is 5.09. The number of hydrogen-bond donors (Lipinski definition) is 1. The lowest BCUT2D eigenvalue weighted by Crippen LogP contribution is -2.17. The third kappa shape index (κ3) is 2.22. The Morgan fingerprint density at radius 2 is 2.41 bits per heavy atom. The van der Waals surface area contributed by atoms with Gasteiger partial charge in [0, 0.05) is 29.1 Å². The van der Waals surface area contributed by atoms with Crippen molar-refractivity contribution in [2.45, 2.75) is 23.0 Å². The molecule has 1 N–H and O–H groups in total. The molecule has 1 aromatic carbocycles. The number of aromatic hydroxyl groups is 1. The number of phenols is 1. The summed E-state index contributed by atoms with van der Waals surface area (Å²) in [7, 11) is 1.50. The van der Waals surface area contributed by atoms with E-state index in [1.54, 1.807) is 6.07 Å². The van der Waals surface area contributed by atoms with Crippen molar-refractivity contribution in [2.75, 3.05) is 7.11 Å². The van der Waals surface area contributed by atoms with E-state index in [1.165, 1.54) is 24.9 Å². The molecule has 0 spiro atoms. The van der Waals surface area contributed by atoms with Crippen molar-refractivity contribution in [1.82, 2.24) is 0 Å². The van der Waals surface area contributed by atoms with Crippen LogP contribution < -0.4 is 4.74 Å². The number of nitrogens with zero attached hydrogens (tertiary/aromatic N) is 1. The summed E-state index contributed by atoms with van der Waals surface area (Å²) in [5, 5.41) is 18.4. The Morgan fingerprint density at radius 3 is 3.06 bits per heavy atom. The number of carbonyl (C=O) groups is 1. The minimum atomic E-state index is -0.112. The van der Waals surface area contributed by atoms with Crippen LogP contribution in [-0.2, 0) is 0 Å². The van der Waals surface area contributed by atoms with Gasteiger partial charge in [0.05, 0.1) is 18.7 Å². The maximum atomic E-state index is 11.9. The number of phenolic OH excluding ortho intramolecular Hbond substituents is 1. The van der Waals surface area contributed by atoms with Crippen LogP contribution in [0.4, 0.5) is 0 Å². The molecular formula is C12H11NO3S. The fourth-order valence-electron chi connectivity index (χ4n) is 1.81. The molecule has 0 bridgehead atoms. The van der Waals surface area contributed by atoms with Crippen molar-refractivity contribution < 1.29 is 14.6 Å². The van der Waals surface area contributed by atoms with Gasteiger partial charge in [0.25, 0.3) is 0 Å². The Hall–Kier alpha value is -1.67. The fraction of sp³-hybridized carbons (Fsp3) is 0.333. The van der Waals surface area contributed by atoms with Gasteiger partial charge >= 0.3 is 0 Å². The molecule has 17 heavy (non-hydrogen) atoms. The molecule has 1 aliphatic rings. The molecule has 2 rings (SSSR count). The Balaban J connectivity index is 2.42. The second-order valence-electron chi connectivity index (χ2n) is 3.75. The topological polar surface area (TPSA) is 70.3 Å². The molecular weight excluding hydrogens is 238 g/mol. The van der Waals surface area contributed by atoms with Gasteiger partial charge in [-0.1, -0.05) is 0 Å². The van der Waals surface area contributed by atoms with Gasteiger partial charge in [-0.3, -0.25) is 4.79 Å². The molecule has 4 nitrogen and oxygen atoms in total. The summed E-state index contributed by atoms with van der Waals surface area (Å²) in [5.74, 6) is 0.352. The second kappa shape index (κ2) is 4.68. The molecule has 1 unspecified atom stereocenters. The number of fused-ring (bicyclic) bond motifs is 1. The first-order valence-corrected chi connectivity index (χ1v) is 6.01. The third-order valence-electron chi connectivity index (χ3n) is 2.60. The Morgan fingerprint density at radius 1 is 1.65 bits per heavy atom. The van der Waals surface area contributed by atoms with Crippen LogP contribution >= 0.6 is 11.8 Å². The number of methoxy groups -OCH3 is 1. The Labute approximate surface area is 103 Å². The number of Topliss-reactive ketones (excluding diaryl/α,β-unsaturated/α-hetero) is 1. The van der Waals surface area contributed by atoms with Crippen molar-refractivity contribution in [2.24, 2.45) is 0 Å². The van der Waals surface area contributed by atoms with Gasteiger partial charge < -0.3 is 9.84 Å². The first-order valence-electron chi connectivity index (χ1n) is 5.13. The molecule has 1 heterocycles. The summed E-state index contributed by atoms with van der Waals surface area (Å²) in [6, 6.07) is 5.22. The molecule has 0 aromatic heterocycles. The van der Waals surface area contributed by atoms with E-state index in [2.05, 4.69) is 6.07 Å². The average molecular weight is 249 g/mol. The highest BCUT2D eigenvalue weighted by atomic mass is 32.2. The number of thioether (sulfide) groups is 1. The van der Waals surface area contributed by atoms with Gasteiger partial charge in [0.2, 0.25) is 0 Å². The van der Waals surface area contributed by atoms with Crippen LogP contribution in [0.2, 0.25) is 0 Å². The predicted molar refractivity (Wildman–Crippen MR) is 63.5 cm³/mol. The van der Waals surface area contributed by atoms with Crippen LogP contribution in [0, 0.1) is 11.3 Å². The van der Waals surface area contributed by atoms with E-state index < -0.39 is 0 Å². The lowest BCUT2D eigenvalue weighted by Gasteiger charge is -2.22. The fourth-order valence-corrected chi connectivity index (χ4v) is 3.09. The van der Waals surface area contributed by atoms with Crippen molar-refractivity contribution in [3.05, 3.63) is 17.7 Å². The number of ether oxygens (including phenoxy) is 1. The normalized spacial score (nSPS) is 18.4. The van der Waals surface area contributed by atoms with E-state index in [1.807, 2.05) is 0 Å². The molecule has 1 atom stereocenters. The number of benzene rings is 1. The van der Waals surface area contributed by atoms with Crippen LogP contribution in [0.25, 0.3) is 0 Å². The van der Waals surface area contributed by atoms with E-state index in [4.69, 9.17) is 10.00 Å². The number of carbonyl (C=O) groups excluding carboxylic acids is 1. The summed E-state index contributed by atoms with van der Waals surface area (Å²) in [4.78, 5) is 12.6. The molecule has 1 aromatic rings. The molecule has 0 saturated carbocycles. The summed E-state index contributed by atoms with van der Waals surface area (Å²) in [5.41, 5.74) is 0.352. The van der Waals surface area contributed by atoms with Crippen LogP contribution in [-0.4, -0.2) is 23.2 Å². The third-order valence-corrected chi connectivity index (χ3v) is 3.84. The van der Waals surface area contributed by atoms with Crippen LogP contribution in [0.1, 0.15) is 23.2 Å². The van der Waals surface area contributed by atoms with Crippen molar-refractivity contribution in [3.8, 4) is 17.6 Å². The zero-order valence-electron chi connectivity index (χ0n) is 9.27. The number of ketones is 1. The van der Waals surface area contributed by atoms with Gasteiger partial charge in [-0.2, -0.15) is 5.26 Å². The highest BCUT2D eigenvalue weighted by molar-refractivity contribution is 8.00. The van der Waals surface area contributed by atoms with Crippen LogP contribution in [0.5, 0.6) is 11.5 Å². The van der Waals surface area contributed by atoms with E-state index >= 15 is 0 Å². The smallest absolute Gasteiger partial charge is 0.168 e. The molecule has 5 heteroatoms. The number of nitriles is 1. The van der Waals surface area contributed by atoms with E-state index in [-0.39, 0.29) is 16.8 Å². The predicted octanol–water partition coefficient (Wildman–Crippen LogP) is 2.36. The largest absolute Gasteiger partial charge is 0.507 e. The van der Waals surface area contributed by atoms with Crippen molar-refractivity contribution in [1.29, 1.82) is 5.26 Å². The van der Waals surface area contributed by atoms with Crippen LogP contribution in [0.15, 0.2) is 17.0 Å². The van der Waals surface area contributed by atoms with Gasteiger partial charge in [-0.15, -0.1) is 11.8 Å². The average Bonchev–Trinajstić information content (AvgIpc) is 2.28. The first-order chi connectivity index (χ1) is 8.15. The van der Waals surface area contributed by atoms with Gasteiger partial charge in [0.15, 0.2) is 5.78 Å². The molecule has 88 valence electrons. The van der Waals surface area contributed by atoms with E-state index in [9.17, 15) is 9.90 Å². The highest BCUT2D eigenvalue weighted by Crippen LogP contribution is 2.42. The lowest BCUT2D eigenvalue weighted by molar-refractivity contribution is 0.0974. The van der Waals surface area contributed by atoms with Crippen molar-refractivity contribution in [3.63, 3.8) is 0 Å². The first kappa shape index (κ1) is 11.8. The lowest BCUT2D eigenvalue weighted by atomic mass is 10.0. The van der Waals surface area contributed by atoms with E-state index in [0.29, 0.717) is 29.1 Å². The summed E-state index contributed by atoms with van der Waals surface area (Å²) < 4.78 is 5.04. The zero-order chi connectivity index (χ0) is 12.4. The molecule has 1 aliphatic heterocycles. The molecule has 0 fully saturated rings. The maximum absolute atomic E-state index is 11.9. The minimum absolute atomic E-state index is 0.0356. The number of hydrogen-bond acceptors (Lipinski definition) is 5. The summed E-state index contributed by atoms with van der Waals surface area (Å²) >= 11 is 1.45. The monoisotopic (exact) mass is 249 g/mol. The number of rotatable bonds is 2. The highest BCUT2D eigenvalue weighted by Gasteiger charge is 2.28. The van der Waals surface area contributed by atoms with Gasteiger partial charge in [0.1, 0.15) is 11.5 Å². The van der Waals surface area contributed by atoms with Gasteiger partial charge in [-0.05, 0) is 6.07 Å².